The number of methoxy groups -OCH3 is 1. The van der Waals surface area contributed by atoms with E-state index in [2.05, 4.69) is 0 Å². The van der Waals surface area contributed by atoms with E-state index in [9.17, 15) is 9.59 Å². The van der Waals surface area contributed by atoms with Gasteiger partial charge in [0.2, 0.25) is 0 Å². The van der Waals surface area contributed by atoms with Crippen molar-refractivity contribution in [1.29, 1.82) is 0 Å². The highest BCUT2D eigenvalue weighted by Crippen LogP contribution is 2.08. The van der Waals surface area contributed by atoms with Gasteiger partial charge in [0.05, 0.1) is 6.61 Å². The molecule has 0 atom stereocenters. The van der Waals surface area contributed by atoms with Crippen molar-refractivity contribution in [2.45, 2.75) is 13.5 Å². The average Bonchev–Trinajstić information content (AvgIpc) is 2.42. The van der Waals surface area contributed by atoms with Gasteiger partial charge in [-0.25, -0.2) is 4.79 Å². The van der Waals surface area contributed by atoms with Gasteiger partial charge in [0.25, 0.3) is 0 Å². The number of benzene rings is 1. The first-order valence-electron chi connectivity index (χ1n) is 6.70. The predicted octanol–water partition coefficient (Wildman–Crippen LogP) is 1.58. The van der Waals surface area contributed by atoms with Crippen molar-refractivity contribution in [3.8, 4) is 0 Å². The molecule has 0 saturated carbocycles. The van der Waals surface area contributed by atoms with Gasteiger partial charge in [-0.15, -0.1) is 0 Å². The lowest BCUT2D eigenvalue weighted by Gasteiger charge is -2.27. The van der Waals surface area contributed by atoms with Crippen molar-refractivity contribution in [2.75, 3.05) is 33.9 Å². The number of aryl methyl sites for hydroxylation is 1. The number of hydrogen-bond donors (Lipinski definition) is 1. The van der Waals surface area contributed by atoms with Crippen molar-refractivity contribution in [1.82, 2.24) is 9.80 Å². The summed E-state index contributed by atoms with van der Waals surface area (Å²) < 4.78 is 4.91. The third kappa shape index (κ3) is 5.83. The van der Waals surface area contributed by atoms with Crippen molar-refractivity contribution < 1.29 is 19.4 Å². The Kier molecular flexibility index (Phi) is 6.68. The van der Waals surface area contributed by atoms with Crippen LogP contribution in [0, 0.1) is 6.92 Å². The molecule has 0 aromatic heterocycles. The summed E-state index contributed by atoms with van der Waals surface area (Å²) in [6, 6.07) is 7.54. The van der Waals surface area contributed by atoms with E-state index in [0.29, 0.717) is 13.2 Å². The smallest absolute Gasteiger partial charge is 0.323 e. The molecule has 6 heteroatoms. The number of carboxylic acids is 1. The topological polar surface area (TPSA) is 70.1 Å². The number of carbonyl (C=O) groups excluding carboxylic acids is 1. The zero-order valence-corrected chi connectivity index (χ0v) is 12.7. The molecule has 0 heterocycles. The molecule has 1 N–H and O–H groups in total. The third-order valence-electron chi connectivity index (χ3n) is 2.99. The molecule has 0 fully saturated rings. The van der Waals surface area contributed by atoms with Crippen molar-refractivity contribution in [3.05, 3.63) is 35.4 Å². The Hall–Kier alpha value is -2.08. The lowest BCUT2D eigenvalue weighted by atomic mass is 10.1. The number of amides is 2. The maximum atomic E-state index is 12.3. The summed E-state index contributed by atoms with van der Waals surface area (Å²) in [6.45, 7) is 2.64. The van der Waals surface area contributed by atoms with Crippen LogP contribution in [-0.4, -0.2) is 60.8 Å². The molecule has 1 rings (SSSR count). The highest BCUT2D eigenvalue weighted by atomic mass is 16.5. The van der Waals surface area contributed by atoms with E-state index in [0.717, 1.165) is 11.1 Å². The minimum atomic E-state index is -1.04. The molecule has 0 radical (unpaired) electrons. The second-order valence-corrected chi connectivity index (χ2v) is 4.94. The number of ether oxygens (including phenoxy) is 1. The quantitative estimate of drug-likeness (QED) is 0.829. The fourth-order valence-corrected chi connectivity index (χ4v) is 2.00. The van der Waals surface area contributed by atoms with Gasteiger partial charge < -0.3 is 19.6 Å². The fourth-order valence-electron chi connectivity index (χ4n) is 2.00. The molecule has 116 valence electrons. The fraction of sp³-hybridized carbons (Fsp3) is 0.467. The van der Waals surface area contributed by atoms with E-state index in [1.54, 1.807) is 7.05 Å². The first-order valence-corrected chi connectivity index (χ1v) is 6.70. The zero-order chi connectivity index (χ0) is 15.8. The average molecular weight is 294 g/mol. The van der Waals surface area contributed by atoms with Gasteiger partial charge >= 0.3 is 12.0 Å². The van der Waals surface area contributed by atoms with Crippen LogP contribution in [0.25, 0.3) is 0 Å². The summed E-state index contributed by atoms with van der Waals surface area (Å²) in [4.78, 5) is 25.9. The lowest BCUT2D eigenvalue weighted by Crippen LogP contribution is -2.44. The summed E-state index contributed by atoms with van der Waals surface area (Å²) >= 11 is 0. The van der Waals surface area contributed by atoms with Crippen molar-refractivity contribution in [3.63, 3.8) is 0 Å². The maximum Gasteiger partial charge on any atom is 0.323 e. The number of carbonyl (C=O) groups is 2. The first kappa shape index (κ1) is 17.0. The van der Waals surface area contributed by atoms with Gasteiger partial charge in [-0.3, -0.25) is 4.79 Å². The van der Waals surface area contributed by atoms with E-state index < -0.39 is 5.97 Å². The van der Waals surface area contributed by atoms with Crippen molar-refractivity contribution >= 4 is 12.0 Å². The minimum Gasteiger partial charge on any atom is -0.480 e. The first-order chi connectivity index (χ1) is 9.93. The van der Waals surface area contributed by atoms with Gasteiger partial charge in [0.1, 0.15) is 6.54 Å². The third-order valence-corrected chi connectivity index (χ3v) is 2.99. The molecule has 0 saturated heterocycles. The van der Waals surface area contributed by atoms with Gasteiger partial charge in [0.15, 0.2) is 0 Å². The summed E-state index contributed by atoms with van der Waals surface area (Å²) in [5.41, 5.74) is 2.13. The van der Waals surface area contributed by atoms with Crippen LogP contribution in [0.1, 0.15) is 11.1 Å². The molecular weight excluding hydrogens is 272 g/mol. The maximum absolute atomic E-state index is 12.3. The Morgan fingerprint density at radius 2 is 2.05 bits per heavy atom. The second kappa shape index (κ2) is 8.26. The highest BCUT2D eigenvalue weighted by Gasteiger charge is 2.20. The Morgan fingerprint density at radius 1 is 1.33 bits per heavy atom. The van der Waals surface area contributed by atoms with Gasteiger partial charge in [-0.2, -0.15) is 0 Å². The number of carboxylic acid groups (broad SMARTS) is 1. The molecule has 1 aromatic carbocycles. The van der Waals surface area contributed by atoms with Crippen LogP contribution >= 0.6 is 0 Å². The van der Waals surface area contributed by atoms with E-state index in [1.165, 1.54) is 16.9 Å². The van der Waals surface area contributed by atoms with Crippen LogP contribution in [0.5, 0.6) is 0 Å². The van der Waals surface area contributed by atoms with Gasteiger partial charge in [0, 0.05) is 27.2 Å². The van der Waals surface area contributed by atoms with Gasteiger partial charge in [-0.1, -0.05) is 29.8 Å². The van der Waals surface area contributed by atoms with Crippen LogP contribution in [0.3, 0.4) is 0 Å². The molecule has 0 spiro atoms. The Morgan fingerprint density at radius 3 is 2.62 bits per heavy atom. The Bertz CT molecular complexity index is 490. The molecule has 0 bridgehead atoms. The monoisotopic (exact) mass is 294 g/mol. The normalized spacial score (nSPS) is 10.2. The standard InChI is InChI=1S/C15H22N2O4/c1-12-5-4-6-13(9-12)10-16(2)15(20)17(7-8-21-3)11-14(18)19/h4-6,9H,7-8,10-11H2,1-3H3,(H,18,19). The lowest BCUT2D eigenvalue weighted by molar-refractivity contribution is -0.137. The number of rotatable bonds is 7. The van der Waals surface area contributed by atoms with E-state index in [4.69, 9.17) is 9.84 Å². The van der Waals surface area contributed by atoms with Crippen LogP contribution in [0.2, 0.25) is 0 Å². The van der Waals surface area contributed by atoms with Crippen LogP contribution < -0.4 is 0 Å². The molecule has 6 nitrogen and oxygen atoms in total. The zero-order valence-electron chi connectivity index (χ0n) is 12.7. The molecule has 1 aromatic rings. The summed E-state index contributed by atoms with van der Waals surface area (Å²) in [6.07, 6.45) is 0. The molecule has 21 heavy (non-hydrogen) atoms. The Balaban J connectivity index is 2.70. The molecular formula is C15H22N2O4. The summed E-state index contributed by atoms with van der Waals surface area (Å²) in [5, 5.41) is 8.89. The van der Waals surface area contributed by atoms with Crippen molar-refractivity contribution in [2.24, 2.45) is 0 Å². The van der Waals surface area contributed by atoms with Crippen LogP contribution in [0.4, 0.5) is 4.79 Å². The SMILES string of the molecule is COCCN(CC(=O)O)C(=O)N(C)Cc1cccc(C)c1. The van der Waals surface area contributed by atoms with Crippen LogP contribution in [-0.2, 0) is 16.1 Å². The predicted molar refractivity (Wildman–Crippen MR) is 79.1 cm³/mol. The molecule has 2 amide bonds. The largest absolute Gasteiger partial charge is 0.480 e. The summed E-state index contributed by atoms with van der Waals surface area (Å²) in [5.74, 6) is -1.04. The molecule has 0 aliphatic heterocycles. The number of hydrogen-bond acceptors (Lipinski definition) is 3. The van der Waals surface area contributed by atoms with E-state index >= 15 is 0 Å². The highest BCUT2D eigenvalue weighted by molar-refractivity contribution is 5.80. The van der Waals surface area contributed by atoms with E-state index in [1.807, 2.05) is 31.2 Å². The number of aliphatic carboxylic acids is 1. The van der Waals surface area contributed by atoms with Gasteiger partial charge in [-0.05, 0) is 12.5 Å². The molecule has 0 aliphatic carbocycles. The molecule has 0 aliphatic rings. The number of nitrogens with zero attached hydrogens (tertiary/aromatic N) is 2. The second-order valence-electron chi connectivity index (χ2n) is 4.94. The summed E-state index contributed by atoms with van der Waals surface area (Å²) in [7, 11) is 3.17. The van der Waals surface area contributed by atoms with Crippen LogP contribution in [0.15, 0.2) is 24.3 Å². The molecule has 0 unspecified atom stereocenters. The number of urea groups is 1. The Labute approximate surface area is 124 Å². The van der Waals surface area contributed by atoms with E-state index in [-0.39, 0.29) is 19.1 Å². The minimum absolute atomic E-state index is 0.250.